The SMILES string of the molecule is O=C1CC2(CCN(C(=O)CCc3cnn(-c4ccccc4)c3)C2)CN1. The van der Waals surface area contributed by atoms with Crippen molar-refractivity contribution in [2.75, 3.05) is 19.6 Å². The van der Waals surface area contributed by atoms with E-state index in [1.54, 1.807) is 0 Å². The molecule has 0 bridgehead atoms. The molecule has 0 radical (unpaired) electrons. The number of carbonyl (C=O) groups is 2. The van der Waals surface area contributed by atoms with Gasteiger partial charge in [-0.05, 0) is 30.5 Å². The summed E-state index contributed by atoms with van der Waals surface area (Å²) in [5.74, 6) is 0.284. The third-order valence-electron chi connectivity index (χ3n) is 5.27. The summed E-state index contributed by atoms with van der Waals surface area (Å²) in [6, 6.07) is 9.94. The van der Waals surface area contributed by atoms with Crippen molar-refractivity contribution in [2.24, 2.45) is 5.41 Å². The van der Waals surface area contributed by atoms with E-state index in [1.165, 1.54) is 0 Å². The Morgan fingerprint density at radius 3 is 2.88 bits per heavy atom. The van der Waals surface area contributed by atoms with Gasteiger partial charge in [-0.25, -0.2) is 4.68 Å². The molecule has 2 amide bonds. The van der Waals surface area contributed by atoms with Crippen LogP contribution in [0.5, 0.6) is 0 Å². The molecule has 1 spiro atoms. The van der Waals surface area contributed by atoms with Crippen molar-refractivity contribution in [3.63, 3.8) is 0 Å². The third kappa shape index (κ3) is 3.29. The van der Waals surface area contributed by atoms with Gasteiger partial charge in [0.05, 0.1) is 11.9 Å². The van der Waals surface area contributed by atoms with Crippen molar-refractivity contribution >= 4 is 11.8 Å². The number of carbonyl (C=O) groups excluding carboxylic acids is 2. The first kappa shape index (κ1) is 15.9. The number of hydrogen-bond donors (Lipinski definition) is 1. The summed E-state index contributed by atoms with van der Waals surface area (Å²) in [5.41, 5.74) is 2.05. The molecule has 25 heavy (non-hydrogen) atoms. The lowest BCUT2D eigenvalue weighted by atomic mass is 9.86. The summed E-state index contributed by atoms with van der Waals surface area (Å²) < 4.78 is 1.83. The maximum Gasteiger partial charge on any atom is 0.222 e. The summed E-state index contributed by atoms with van der Waals surface area (Å²) in [6.45, 7) is 2.17. The van der Waals surface area contributed by atoms with E-state index in [9.17, 15) is 9.59 Å². The van der Waals surface area contributed by atoms with Crippen molar-refractivity contribution < 1.29 is 9.59 Å². The number of amides is 2. The lowest BCUT2D eigenvalue weighted by molar-refractivity contribution is -0.130. The minimum atomic E-state index is -0.0229. The van der Waals surface area contributed by atoms with Crippen LogP contribution in [0.1, 0.15) is 24.8 Å². The molecule has 0 saturated carbocycles. The molecule has 2 aliphatic heterocycles. The number of hydrogen-bond acceptors (Lipinski definition) is 3. The van der Waals surface area contributed by atoms with E-state index in [0.717, 1.165) is 24.2 Å². The highest BCUT2D eigenvalue weighted by Gasteiger charge is 2.44. The quantitative estimate of drug-likeness (QED) is 0.920. The van der Waals surface area contributed by atoms with Crippen LogP contribution in [0.25, 0.3) is 5.69 Å². The Labute approximate surface area is 146 Å². The maximum absolute atomic E-state index is 12.5. The number of likely N-dealkylation sites (tertiary alicyclic amines) is 1. The standard InChI is InChI=1S/C19H22N4O2/c24-17-10-19(13-20-17)8-9-22(14-19)18(25)7-6-15-11-21-23(12-15)16-4-2-1-3-5-16/h1-5,11-12H,6-10,13-14H2,(H,20,24). The smallest absolute Gasteiger partial charge is 0.222 e. The molecule has 1 N–H and O–H groups in total. The molecule has 4 rings (SSSR count). The summed E-state index contributed by atoms with van der Waals surface area (Å²) >= 11 is 0. The van der Waals surface area contributed by atoms with Crippen LogP contribution in [0.15, 0.2) is 42.7 Å². The summed E-state index contributed by atoms with van der Waals surface area (Å²) in [4.78, 5) is 25.9. The normalized spacial score (nSPS) is 22.6. The summed E-state index contributed by atoms with van der Waals surface area (Å²) in [5, 5.41) is 7.27. The van der Waals surface area contributed by atoms with Gasteiger partial charge in [-0.2, -0.15) is 5.10 Å². The highest BCUT2D eigenvalue weighted by Crippen LogP contribution is 2.36. The number of benzene rings is 1. The second kappa shape index (κ2) is 6.35. The molecule has 1 unspecified atom stereocenters. The fourth-order valence-corrected chi connectivity index (χ4v) is 3.81. The molecule has 0 aliphatic carbocycles. The Morgan fingerprint density at radius 1 is 1.28 bits per heavy atom. The molecule has 2 saturated heterocycles. The average molecular weight is 338 g/mol. The predicted octanol–water partition coefficient (Wildman–Crippen LogP) is 1.54. The number of aromatic nitrogens is 2. The van der Waals surface area contributed by atoms with E-state index in [2.05, 4.69) is 10.4 Å². The van der Waals surface area contributed by atoms with Gasteiger partial charge >= 0.3 is 0 Å². The van der Waals surface area contributed by atoms with Gasteiger partial charge in [-0.1, -0.05) is 18.2 Å². The van der Waals surface area contributed by atoms with Crippen LogP contribution in [-0.4, -0.2) is 46.1 Å². The van der Waals surface area contributed by atoms with Crippen LogP contribution in [0, 0.1) is 5.41 Å². The minimum Gasteiger partial charge on any atom is -0.355 e. The lowest BCUT2D eigenvalue weighted by Gasteiger charge is -2.21. The minimum absolute atomic E-state index is 0.0229. The van der Waals surface area contributed by atoms with Gasteiger partial charge in [0.25, 0.3) is 0 Å². The molecule has 1 aromatic heterocycles. The first-order valence-corrected chi connectivity index (χ1v) is 8.77. The first-order chi connectivity index (χ1) is 12.1. The van der Waals surface area contributed by atoms with Crippen LogP contribution in [-0.2, 0) is 16.0 Å². The average Bonchev–Trinajstić information content (AvgIpc) is 3.35. The van der Waals surface area contributed by atoms with Gasteiger partial charge in [-0.3, -0.25) is 9.59 Å². The Kier molecular flexibility index (Phi) is 4.03. The van der Waals surface area contributed by atoms with Crippen LogP contribution < -0.4 is 5.32 Å². The van der Waals surface area contributed by atoms with Gasteiger partial charge in [0.2, 0.25) is 11.8 Å². The number of nitrogens with one attached hydrogen (secondary N) is 1. The molecule has 1 aromatic carbocycles. The van der Waals surface area contributed by atoms with Crippen LogP contribution in [0.4, 0.5) is 0 Å². The van der Waals surface area contributed by atoms with Crippen LogP contribution in [0.3, 0.4) is 0 Å². The molecule has 1 atom stereocenters. The van der Waals surface area contributed by atoms with Crippen molar-refractivity contribution in [1.82, 2.24) is 20.0 Å². The Morgan fingerprint density at radius 2 is 2.12 bits per heavy atom. The number of rotatable bonds is 4. The van der Waals surface area contributed by atoms with E-state index >= 15 is 0 Å². The van der Waals surface area contributed by atoms with Crippen LogP contribution in [0.2, 0.25) is 0 Å². The highest BCUT2D eigenvalue weighted by atomic mass is 16.2. The fraction of sp³-hybridized carbons (Fsp3) is 0.421. The summed E-state index contributed by atoms with van der Waals surface area (Å²) in [7, 11) is 0. The van der Waals surface area contributed by atoms with Gasteiger partial charge in [0, 0.05) is 44.1 Å². The second-order valence-electron chi connectivity index (χ2n) is 7.15. The zero-order valence-electron chi connectivity index (χ0n) is 14.1. The molecule has 3 heterocycles. The topological polar surface area (TPSA) is 67.2 Å². The first-order valence-electron chi connectivity index (χ1n) is 8.77. The van der Waals surface area contributed by atoms with Crippen molar-refractivity contribution in [3.05, 3.63) is 48.3 Å². The monoisotopic (exact) mass is 338 g/mol. The van der Waals surface area contributed by atoms with E-state index in [-0.39, 0.29) is 17.2 Å². The van der Waals surface area contributed by atoms with Gasteiger partial charge in [-0.15, -0.1) is 0 Å². The van der Waals surface area contributed by atoms with Crippen molar-refractivity contribution in [2.45, 2.75) is 25.7 Å². The zero-order valence-corrected chi connectivity index (χ0v) is 14.1. The van der Waals surface area contributed by atoms with Crippen molar-refractivity contribution in [3.8, 4) is 5.69 Å². The molecular formula is C19H22N4O2. The van der Waals surface area contributed by atoms with E-state index < -0.39 is 0 Å². The van der Waals surface area contributed by atoms with Gasteiger partial charge in [0.15, 0.2) is 0 Å². The molecule has 6 nitrogen and oxygen atoms in total. The highest BCUT2D eigenvalue weighted by molar-refractivity contribution is 5.80. The Balaban J connectivity index is 1.32. The second-order valence-corrected chi connectivity index (χ2v) is 7.15. The van der Waals surface area contributed by atoms with Crippen LogP contribution >= 0.6 is 0 Å². The lowest BCUT2D eigenvalue weighted by Crippen LogP contribution is -2.33. The molecule has 2 aromatic rings. The maximum atomic E-state index is 12.5. The largest absolute Gasteiger partial charge is 0.355 e. The number of aryl methyl sites for hydroxylation is 1. The molecule has 130 valence electrons. The third-order valence-corrected chi connectivity index (χ3v) is 5.27. The van der Waals surface area contributed by atoms with Gasteiger partial charge in [0.1, 0.15) is 0 Å². The fourth-order valence-electron chi connectivity index (χ4n) is 3.81. The van der Waals surface area contributed by atoms with E-state index in [0.29, 0.717) is 32.4 Å². The van der Waals surface area contributed by atoms with Gasteiger partial charge < -0.3 is 10.2 Å². The number of para-hydroxylation sites is 1. The van der Waals surface area contributed by atoms with E-state index in [4.69, 9.17) is 0 Å². The summed E-state index contributed by atoms with van der Waals surface area (Å²) in [6.07, 6.45) is 6.45. The van der Waals surface area contributed by atoms with Crippen molar-refractivity contribution in [1.29, 1.82) is 0 Å². The molecule has 6 heteroatoms. The Hall–Kier alpha value is -2.63. The molecule has 2 aliphatic rings. The predicted molar refractivity (Wildman–Crippen MR) is 93.1 cm³/mol. The zero-order chi connectivity index (χ0) is 17.3. The Bertz CT molecular complexity index is 786. The molecule has 2 fully saturated rings. The number of nitrogens with zero attached hydrogens (tertiary/aromatic N) is 3. The van der Waals surface area contributed by atoms with E-state index in [1.807, 2.05) is 52.3 Å². The molecular weight excluding hydrogens is 316 g/mol.